The minimum Gasteiger partial charge on any atom is -0.263 e. The Kier molecular flexibility index (Phi) is 5.50. The largest absolute Gasteiger partial charge is 0.263 e. The Labute approximate surface area is 216 Å². The molecule has 6 rings (SSSR count). The summed E-state index contributed by atoms with van der Waals surface area (Å²) in [7, 11) is 0. The van der Waals surface area contributed by atoms with E-state index in [0.29, 0.717) is 75.1 Å². The number of aromatic nitrogens is 4. The van der Waals surface area contributed by atoms with Crippen LogP contribution in [-0.2, 0) is 23.3 Å². The van der Waals surface area contributed by atoms with Gasteiger partial charge in [0.1, 0.15) is 11.4 Å². The summed E-state index contributed by atoms with van der Waals surface area (Å²) in [5.41, 5.74) is 2.33. The van der Waals surface area contributed by atoms with Crippen molar-refractivity contribution in [3.8, 4) is 0 Å². The van der Waals surface area contributed by atoms with Crippen molar-refractivity contribution in [3.63, 3.8) is 0 Å². The fraction of sp³-hybridized carbons (Fsp3) is 0.400. The number of aryl methyl sites for hydroxylation is 1. The first-order chi connectivity index (χ1) is 17.3. The summed E-state index contributed by atoms with van der Waals surface area (Å²) in [6.07, 6.45) is 2.71. The molecule has 188 valence electrons. The van der Waals surface area contributed by atoms with Crippen molar-refractivity contribution in [2.24, 2.45) is 0 Å². The molecule has 3 aliphatic rings. The van der Waals surface area contributed by atoms with Crippen molar-refractivity contribution in [3.05, 3.63) is 63.7 Å². The second-order valence-electron chi connectivity index (χ2n) is 9.63. The van der Waals surface area contributed by atoms with Crippen molar-refractivity contribution >= 4 is 23.3 Å². The number of rotatable bonds is 7. The van der Waals surface area contributed by atoms with Crippen LogP contribution in [0.25, 0.3) is 0 Å². The van der Waals surface area contributed by atoms with Gasteiger partial charge in [0, 0.05) is 0 Å². The summed E-state index contributed by atoms with van der Waals surface area (Å²) < 4.78 is 17.4. The number of hydrogen-bond acceptors (Lipinski definition) is 5. The van der Waals surface area contributed by atoms with Gasteiger partial charge in [-0.2, -0.15) is 5.10 Å². The molecule has 1 saturated heterocycles. The minimum atomic E-state index is -0.724. The number of ketones is 1. The van der Waals surface area contributed by atoms with Crippen LogP contribution in [0.1, 0.15) is 72.5 Å². The topological polar surface area (TPSA) is 122 Å². The van der Waals surface area contributed by atoms with Gasteiger partial charge in [0.05, 0.1) is 0 Å². The van der Waals surface area contributed by atoms with Crippen molar-refractivity contribution < 1.29 is 40.0 Å². The number of nitrogens with one attached hydrogen (secondary N) is 3. The van der Waals surface area contributed by atoms with Crippen molar-refractivity contribution in [2.45, 2.75) is 55.5 Å². The van der Waals surface area contributed by atoms with E-state index in [0.717, 1.165) is 10.8 Å². The Bertz CT molecular complexity index is 1440. The molecule has 0 bridgehead atoms. The third-order valence-electron chi connectivity index (χ3n) is 7.09. The van der Waals surface area contributed by atoms with Crippen molar-refractivity contribution in [1.29, 1.82) is 0 Å². The molecule has 2 amide bonds. The molecule has 4 heterocycles. The maximum Gasteiger partial charge on any atom is -0.0197 e. The number of nitrogens with zero attached hydrogens (tertiary/aromatic N) is 3. The molecule has 9 nitrogen and oxygen atoms in total. The predicted octanol–water partition coefficient (Wildman–Crippen LogP) is -0.307. The van der Waals surface area contributed by atoms with Gasteiger partial charge >= 0.3 is 165 Å². The standard InChI is InChI=1S/C25H25FIN6O3/c1-12-19(21(34)23(36)30-25(7-8-25)24-28-13(2)31-32-24)18-4-3-9-33(18)20(12)22(35)29-14-5-6-16(26)15(10-14)17-11-27-17/h5-6,10,17H,3-4,7-9,11H2,1-2H3,(H,29,35)(H,30,36)(H,28,31,32)/q-1. The van der Waals surface area contributed by atoms with Gasteiger partial charge in [0.15, 0.2) is 5.82 Å². The van der Waals surface area contributed by atoms with Gasteiger partial charge in [0.25, 0.3) is 0 Å². The zero-order valence-corrected chi connectivity index (χ0v) is 22.0. The Hall–Kier alpha value is -3.09. The quantitative estimate of drug-likeness (QED) is 0.148. The number of hydrogen-bond donors (Lipinski definition) is 3. The smallest absolute Gasteiger partial charge is 0.0197 e. The molecular weight excluding hydrogens is 578 g/mol. The van der Waals surface area contributed by atoms with Gasteiger partial charge in [-0.25, -0.2) is 4.98 Å². The van der Waals surface area contributed by atoms with Crippen LogP contribution in [0.5, 0.6) is 0 Å². The van der Waals surface area contributed by atoms with Crippen LogP contribution in [0, 0.1) is 19.7 Å². The number of amides is 2. The predicted molar refractivity (Wildman–Crippen MR) is 124 cm³/mol. The second kappa shape index (κ2) is 8.49. The summed E-state index contributed by atoms with van der Waals surface area (Å²) in [6, 6.07) is 4.66. The van der Waals surface area contributed by atoms with Gasteiger partial charge in [-0.05, 0) is 19.8 Å². The number of fused-ring (bicyclic) bond motifs is 1. The Morgan fingerprint density at radius 1 is 1.25 bits per heavy atom. The maximum atomic E-state index is 14.2. The van der Waals surface area contributed by atoms with Gasteiger partial charge in [-0.1, -0.05) is 0 Å². The van der Waals surface area contributed by atoms with Gasteiger partial charge in [-0.3, -0.25) is 5.10 Å². The molecule has 2 aliphatic heterocycles. The number of alkyl halides is 2. The fourth-order valence-corrected chi connectivity index (χ4v) is 6.73. The number of carbonyl (C=O) groups excluding carboxylic acids is 3. The fourth-order valence-electron chi connectivity index (χ4n) is 5.05. The van der Waals surface area contributed by atoms with E-state index in [-0.39, 0.29) is 32.9 Å². The summed E-state index contributed by atoms with van der Waals surface area (Å²) in [5, 5.41) is 12.7. The number of anilines is 1. The van der Waals surface area contributed by atoms with E-state index < -0.39 is 17.2 Å². The van der Waals surface area contributed by atoms with E-state index in [2.05, 4.69) is 25.8 Å². The zero-order chi connectivity index (χ0) is 25.2. The number of carbonyl (C=O) groups is 3. The summed E-state index contributed by atoms with van der Waals surface area (Å²) in [4.78, 5) is 44.1. The van der Waals surface area contributed by atoms with E-state index >= 15 is 0 Å². The summed E-state index contributed by atoms with van der Waals surface area (Å²) >= 11 is 0.0182. The van der Waals surface area contributed by atoms with Gasteiger partial charge in [-0.15, -0.1) is 0 Å². The number of halogens is 2. The van der Waals surface area contributed by atoms with Crippen LogP contribution >= 0.6 is 0 Å². The average Bonchev–Trinajstić information content (AvgIpc) is 3.72. The SMILES string of the molecule is Cc1nc(C2(NC(=O)C(=O)c3c(C)c(C(=O)Nc4ccc(F)c(C5C[I-]5)c4)n4c3CCC4)CC2)n[nH]1. The Morgan fingerprint density at radius 2 is 2.03 bits per heavy atom. The Morgan fingerprint density at radius 3 is 2.69 bits per heavy atom. The Balaban J connectivity index is 1.26. The van der Waals surface area contributed by atoms with E-state index in [1.54, 1.807) is 26.0 Å². The van der Waals surface area contributed by atoms with E-state index in [1.165, 1.54) is 6.07 Å². The van der Waals surface area contributed by atoms with E-state index in [9.17, 15) is 18.8 Å². The van der Waals surface area contributed by atoms with Crippen LogP contribution in [-0.4, -0.2) is 41.8 Å². The summed E-state index contributed by atoms with van der Waals surface area (Å²) in [6.45, 7) is 4.08. The van der Waals surface area contributed by atoms with Crippen LogP contribution in [0.4, 0.5) is 10.1 Å². The molecule has 1 saturated carbocycles. The number of H-pyrrole nitrogens is 1. The monoisotopic (exact) mass is 603 g/mol. The van der Waals surface area contributed by atoms with Crippen LogP contribution in [0.3, 0.4) is 0 Å². The molecule has 0 spiro atoms. The van der Waals surface area contributed by atoms with Crippen LogP contribution in [0.2, 0.25) is 0 Å². The molecule has 3 aromatic rings. The summed E-state index contributed by atoms with van der Waals surface area (Å²) in [5.74, 6) is -0.859. The molecule has 1 unspecified atom stereocenters. The third-order valence-corrected chi connectivity index (χ3v) is 9.52. The molecule has 3 N–H and O–H groups in total. The zero-order valence-electron chi connectivity index (χ0n) is 19.9. The van der Waals surface area contributed by atoms with E-state index in [1.807, 2.05) is 4.57 Å². The third kappa shape index (κ3) is 3.93. The van der Waals surface area contributed by atoms with Crippen LogP contribution in [0.15, 0.2) is 18.2 Å². The number of aromatic amines is 1. The molecule has 1 aromatic carbocycles. The van der Waals surface area contributed by atoms with Crippen molar-refractivity contribution in [1.82, 2.24) is 25.1 Å². The maximum absolute atomic E-state index is 14.2. The molecule has 2 aromatic heterocycles. The molecule has 0 radical (unpaired) electrons. The van der Waals surface area contributed by atoms with E-state index in [4.69, 9.17) is 0 Å². The van der Waals surface area contributed by atoms with Gasteiger partial charge < -0.3 is 0 Å². The number of benzene rings is 1. The van der Waals surface area contributed by atoms with Crippen molar-refractivity contribution in [2.75, 3.05) is 9.74 Å². The molecule has 2 fully saturated rings. The molecule has 11 heteroatoms. The average molecular weight is 603 g/mol. The molecular formula is C25H25FIN6O3-. The second-order valence-corrected chi connectivity index (χ2v) is 12.9. The van der Waals surface area contributed by atoms with Crippen LogP contribution < -0.4 is 31.8 Å². The first kappa shape index (κ1) is 23.3. The number of Topliss-reactive ketones (excluding diaryl/α,β-unsaturated/α-hetero) is 1. The molecule has 1 atom stereocenters. The van der Waals surface area contributed by atoms with Gasteiger partial charge in [0.2, 0.25) is 0 Å². The first-order valence-corrected chi connectivity index (χ1v) is 14.7. The molecule has 1 aliphatic carbocycles. The first-order valence-electron chi connectivity index (χ1n) is 11.9. The molecule has 36 heavy (non-hydrogen) atoms. The minimum absolute atomic E-state index is 0.0182. The normalized spacial score (nSPS) is 19.2.